The zero-order chi connectivity index (χ0) is 27.0. The standard InChI is InChI=1S/C28H23BrN4O4S/c1-16-2-4-17(5-3-16)22-14-23(18-6-10-20(29)11-7-18)33(31-22)28(30)38-24-15-25(34)32(26(24)35)21-12-8-19(9-13-21)27(36)37/h2-13,23-24,30H,14-15H2,1H3,(H,36,37)/t23-,24-/m0/s1. The van der Waals surface area contributed by atoms with Crippen LogP contribution in [0.4, 0.5) is 5.69 Å². The number of amidine groups is 1. The molecular formula is C28H23BrN4O4S. The minimum atomic E-state index is -1.09. The number of carboxylic acid groups (broad SMARTS) is 1. The molecule has 2 atom stereocenters. The summed E-state index contributed by atoms with van der Waals surface area (Å²) in [5.74, 6) is -1.91. The molecule has 0 aliphatic carbocycles. The summed E-state index contributed by atoms with van der Waals surface area (Å²) in [6.45, 7) is 2.02. The van der Waals surface area contributed by atoms with Crippen LogP contribution in [0.15, 0.2) is 82.4 Å². The molecule has 0 aromatic heterocycles. The summed E-state index contributed by atoms with van der Waals surface area (Å²) in [5, 5.41) is 23.7. The van der Waals surface area contributed by atoms with Crippen LogP contribution in [0, 0.1) is 12.3 Å². The summed E-state index contributed by atoms with van der Waals surface area (Å²) in [7, 11) is 0. The minimum absolute atomic E-state index is 0.0577. The smallest absolute Gasteiger partial charge is 0.335 e. The Labute approximate surface area is 232 Å². The van der Waals surface area contributed by atoms with E-state index in [1.54, 1.807) is 5.01 Å². The van der Waals surface area contributed by atoms with Crippen LogP contribution >= 0.6 is 27.7 Å². The first-order valence-electron chi connectivity index (χ1n) is 11.9. The van der Waals surface area contributed by atoms with E-state index in [2.05, 4.69) is 15.9 Å². The van der Waals surface area contributed by atoms with E-state index in [-0.39, 0.29) is 23.2 Å². The number of nitrogens with zero attached hydrogens (tertiary/aromatic N) is 3. The maximum absolute atomic E-state index is 13.2. The van der Waals surface area contributed by atoms with Gasteiger partial charge >= 0.3 is 5.97 Å². The number of thioether (sulfide) groups is 1. The molecule has 3 aromatic rings. The third-order valence-corrected chi connectivity index (χ3v) is 8.08. The Morgan fingerprint density at radius 1 is 1.00 bits per heavy atom. The molecule has 0 spiro atoms. The van der Waals surface area contributed by atoms with Crippen LogP contribution in [0.1, 0.15) is 45.9 Å². The number of amides is 2. The minimum Gasteiger partial charge on any atom is -0.478 e. The molecule has 0 saturated carbocycles. The molecule has 38 heavy (non-hydrogen) atoms. The molecule has 2 heterocycles. The van der Waals surface area contributed by atoms with E-state index in [9.17, 15) is 14.4 Å². The van der Waals surface area contributed by atoms with Crippen molar-refractivity contribution >= 4 is 62.0 Å². The average molecular weight is 591 g/mol. The van der Waals surface area contributed by atoms with Crippen LogP contribution < -0.4 is 4.90 Å². The van der Waals surface area contributed by atoms with Crippen molar-refractivity contribution in [2.75, 3.05) is 4.90 Å². The number of aryl methyl sites for hydroxylation is 1. The van der Waals surface area contributed by atoms with Crippen molar-refractivity contribution in [3.05, 3.63) is 99.5 Å². The molecule has 5 rings (SSSR count). The van der Waals surface area contributed by atoms with Crippen molar-refractivity contribution in [2.45, 2.75) is 31.1 Å². The Balaban J connectivity index is 1.38. The number of hydrogen-bond donors (Lipinski definition) is 2. The van der Waals surface area contributed by atoms with Crippen LogP contribution in [0.2, 0.25) is 0 Å². The van der Waals surface area contributed by atoms with E-state index in [0.717, 1.165) is 43.5 Å². The Kier molecular flexibility index (Phi) is 7.18. The van der Waals surface area contributed by atoms with Crippen molar-refractivity contribution in [1.82, 2.24) is 5.01 Å². The quantitative estimate of drug-likeness (QED) is 0.227. The zero-order valence-corrected chi connectivity index (χ0v) is 22.7. The summed E-state index contributed by atoms with van der Waals surface area (Å²) >= 11 is 4.48. The Morgan fingerprint density at radius 3 is 2.29 bits per heavy atom. The SMILES string of the molecule is Cc1ccc(C2=NN(C(=N)S[C@H]3CC(=O)N(c4ccc(C(=O)O)cc4)C3=O)[C@H](c3ccc(Br)cc3)C2)cc1. The number of imide groups is 1. The summed E-state index contributed by atoms with van der Waals surface area (Å²) in [6.07, 6.45) is 0.533. The fraction of sp³-hybridized carbons (Fsp3) is 0.179. The van der Waals surface area contributed by atoms with Gasteiger partial charge in [0.2, 0.25) is 11.8 Å². The number of nitrogens with one attached hydrogen (secondary N) is 1. The third kappa shape index (κ3) is 5.14. The van der Waals surface area contributed by atoms with Gasteiger partial charge in [0.1, 0.15) is 5.25 Å². The van der Waals surface area contributed by atoms with Gasteiger partial charge in [-0.05, 0) is 54.4 Å². The van der Waals surface area contributed by atoms with Gasteiger partial charge in [0.05, 0.1) is 23.0 Å². The van der Waals surface area contributed by atoms with Crippen molar-refractivity contribution in [3.63, 3.8) is 0 Å². The summed E-state index contributed by atoms with van der Waals surface area (Å²) in [4.78, 5) is 38.2. The highest BCUT2D eigenvalue weighted by molar-refractivity contribution is 9.10. The molecule has 0 unspecified atom stereocenters. The molecule has 0 radical (unpaired) electrons. The second-order valence-electron chi connectivity index (χ2n) is 9.06. The maximum Gasteiger partial charge on any atom is 0.335 e. The fourth-order valence-electron chi connectivity index (χ4n) is 4.47. The number of aromatic carboxylic acids is 1. The largest absolute Gasteiger partial charge is 0.478 e. The van der Waals surface area contributed by atoms with Gasteiger partial charge in [-0.1, -0.05) is 69.7 Å². The monoisotopic (exact) mass is 590 g/mol. The van der Waals surface area contributed by atoms with Gasteiger partial charge in [-0.2, -0.15) is 5.10 Å². The van der Waals surface area contributed by atoms with Gasteiger partial charge in [-0.15, -0.1) is 0 Å². The molecule has 0 bridgehead atoms. The van der Waals surface area contributed by atoms with Crippen molar-refractivity contribution < 1.29 is 19.5 Å². The first-order valence-corrected chi connectivity index (χ1v) is 13.5. The highest BCUT2D eigenvalue weighted by Crippen LogP contribution is 2.38. The average Bonchev–Trinajstić information content (AvgIpc) is 3.46. The molecule has 192 valence electrons. The van der Waals surface area contributed by atoms with Crippen molar-refractivity contribution in [3.8, 4) is 0 Å². The lowest BCUT2D eigenvalue weighted by molar-refractivity contribution is -0.121. The van der Waals surface area contributed by atoms with E-state index in [4.69, 9.17) is 15.6 Å². The predicted octanol–water partition coefficient (Wildman–Crippen LogP) is 5.61. The number of rotatable bonds is 5. The molecule has 10 heteroatoms. The number of carbonyl (C=O) groups excluding carboxylic acids is 2. The lowest BCUT2D eigenvalue weighted by atomic mass is 9.98. The number of carbonyl (C=O) groups is 3. The number of hydrogen-bond acceptors (Lipinski definition) is 6. The number of halogens is 1. The summed E-state index contributed by atoms with van der Waals surface area (Å²) in [6, 6.07) is 21.3. The van der Waals surface area contributed by atoms with E-state index < -0.39 is 23.0 Å². The zero-order valence-electron chi connectivity index (χ0n) is 20.3. The van der Waals surface area contributed by atoms with Crippen LogP contribution in [0.25, 0.3) is 0 Å². The van der Waals surface area contributed by atoms with Gasteiger partial charge in [0, 0.05) is 17.3 Å². The van der Waals surface area contributed by atoms with E-state index >= 15 is 0 Å². The fourth-order valence-corrected chi connectivity index (χ4v) is 5.71. The number of hydrazone groups is 1. The van der Waals surface area contributed by atoms with Gasteiger partial charge in [-0.3, -0.25) is 15.0 Å². The molecule has 2 aliphatic rings. The highest BCUT2D eigenvalue weighted by Gasteiger charge is 2.42. The lowest BCUT2D eigenvalue weighted by Crippen LogP contribution is -2.32. The molecule has 1 fully saturated rings. The summed E-state index contributed by atoms with van der Waals surface area (Å²) < 4.78 is 0.946. The van der Waals surface area contributed by atoms with Gasteiger partial charge in [-0.25, -0.2) is 14.7 Å². The molecule has 3 aromatic carbocycles. The number of carboxylic acids is 1. The van der Waals surface area contributed by atoms with Gasteiger partial charge < -0.3 is 5.11 Å². The van der Waals surface area contributed by atoms with E-state index in [0.29, 0.717) is 12.1 Å². The second kappa shape index (κ2) is 10.5. The normalized spacial score (nSPS) is 19.2. The van der Waals surface area contributed by atoms with Crippen LogP contribution in [0.5, 0.6) is 0 Å². The Bertz CT molecular complexity index is 1460. The molecule has 2 amide bonds. The van der Waals surface area contributed by atoms with Gasteiger partial charge in [0.15, 0.2) is 5.17 Å². The maximum atomic E-state index is 13.2. The molecule has 1 saturated heterocycles. The second-order valence-corrected chi connectivity index (χ2v) is 11.2. The summed E-state index contributed by atoms with van der Waals surface area (Å²) in [5.41, 5.74) is 4.32. The molecule has 2 aliphatic heterocycles. The molecular weight excluding hydrogens is 568 g/mol. The van der Waals surface area contributed by atoms with Crippen LogP contribution in [0.3, 0.4) is 0 Å². The highest BCUT2D eigenvalue weighted by atomic mass is 79.9. The van der Waals surface area contributed by atoms with Crippen molar-refractivity contribution in [2.24, 2.45) is 5.10 Å². The topological polar surface area (TPSA) is 114 Å². The number of benzene rings is 3. The Hall–Kier alpha value is -3.76. The first kappa shape index (κ1) is 25.9. The Morgan fingerprint density at radius 2 is 1.66 bits per heavy atom. The molecule has 8 nitrogen and oxygen atoms in total. The number of anilines is 1. The third-order valence-electron chi connectivity index (χ3n) is 6.49. The van der Waals surface area contributed by atoms with Crippen LogP contribution in [-0.4, -0.2) is 44.0 Å². The van der Waals surface area contributed by atoms with Crippen LogP contribution in [-0.2, 0) is 9.59 Å². The van der Waals surface area contributed by atoms with E-state index in [1.807, 2.05) is 55.5 Å². The van der Waals surface area contributed by atoms with E-state index in [1.165, 1.54) is 24.3 Å². The van der Waals surface area contributed by atoms with Crippen molar-refractivity contribution in [1.29, 1.82) is 5.41 Å². The molecule has 2 N–H and O–H groups in total. The first-order chi connectivity index (χ1) is 18.2. The predicted molar refractivity (Wildman–Crippen MR) is 151 cm³/mol. The lowest BCUT2D eigenvalue weighted by Gasteiger charge is -2.24. The van der Waals surface area contributed by atoms with Gasteiger partial charge in [0.25, 0.3) is 0 Å².